The zero-order valence-electron chi connectivity index (χ0n) is 11.1. The zero-order valence-corrected chi connectivity index (χ0v) is 11.1. The fraction of sp³-hybridized carbons (Fsp3) is 0.312. The van der Waals surface area contributed by atoms with Gasteiger partial charge < -0.3 is 10.1 Å². The van der Waals surface area contributed by atoms with Crippen LogP contribution in [0, 0.1) is 0 Å². The van der Waals surface area contributed by atoms with Gasteiger partial charge in [0.1, 0.15) is 0 Å². The van der Waals surface area contributed by atoms with Gasteiger partial charge in [-0.15, -0.1) is 0 Å². The molecule has 3 rings (SSSR count). The van der Waals surface area contributed by atoms with Crippen LogP contribution >= 0.6 is 0 Å². The third kappa shape index (κ3) is 2.70. The lowest BCUT2D eigenvalue weighted by molar-refractivity contribution is 0.327. The maximum Gasteiger partial charge on any atom is 0.213 e. The summed E-state index contributed by atoms with van der Waals surface area (Å²) in [5.74, 6) is 0.683. The highest BCUT2D eigenvalue weighted by atomic mass is 16.5. The minimum atomic E-state index is 0.470. The van der Waals surface area contributed by atoms with Crippen molar-refractivity contribution in [3.05, 3.63) is 53.7 Å². The molecule has 0 radical (unpaired) electrons. The lowest BCUT2D eigenvalue weighted by Crippen LogP contribution is -2.19. The van der Waals surface area contributed by atoms with E-state index in [9.17, 15) is 0 Å². The molecule has 3 nitrogen and oxygen atoms in total. The molecule has 0 spiro atoms. The number of aromatic nitrogens is 1. The number of ether oxygens (including phenoxy) is 1. The number of pyridine rings is 1. The first-order valence-corrected chi connectivity index (χ1v) is 6.77. The molecule has 0 unspecified atom stereocenters. The Morgan fingerprint density at radius 3 is 2.47 bits per heavy atom. The van der Waals surface area contributed by atoms with Crippen molar-refractivity contribution in [2.45, 2.75) is 25.8 Å². The largest absolute Gasteiger partial charge is 0.478 e. The smallest absolute Gasteiger partial charge is 0.213 e. The van der Waals surface area contributed by atoms with Crippen molar-refractivity contribution in [2.75, 3.05) is 11.9 Å². The van der Waals surface area contributed by atoms with Gasteiger partial charge in [-0.2, -0.15) is 0 Å². The van der Waals surface area contributed by atoms with Crippen LogP contribution in [0.4, 0.5) is 5.69 Å². The summed E-state index contributed by atoms with van der Waals surface area (Å²) in [5, 5.41) is 3.54. The molecule has 0 saturated heterocycles. The van der Waals surface area contributed by atoms with Crippen LogP contribution in [0.15, 0.2) is 42.6 Å². The van der Waals surface area contributed by atoms with Gasteiger partial charge in [-0.3, -0.25) is 0 Å². The fourth-order valence-corrected chi connectivity index (χ4v) is 2.60. The van der Waals surface area contributed by atoms with Crippen molar-refractivity contribution < 1.29 is 4.74 Å². The van der Waals surface area contributed by atoms with E-state index in [-0.39, 0.29) is 0 Å². The molecule has 1 aliphatic rings. The Bertz CT molecular complexity index is 526. The van der Waals surface area contributed by atoms with Gasteiger partial charge in [-0.25, -0.2) is 4.98 Å². The van der Waals surface area contributed by atoms with Crippen molar-refractivity contribution in [2.24, 2.45) is 0 Å². The summed E-state index contributed by atoms with van der Waals surface area (Å²) in [6.07, 6.45) is 4.01. The minimum Gasteiger partial charge on any atom is -0.478 e. The van der Waals surface area contributed by atoms with Crippen molar-refractivity contribution in [3.8, 4) is 5.88 Å². The number of nitrogens with one attached hydrogen (secondary N) is 1. The molecule has 3 heteroatoms. The summed E-state index contributed by atoms with van der Waals surface area (Å²) in [7, 11) is 0. The molecule has 0 amide bonds. The Morgan fingerprint density at radius 2 is 1.89 bits per heavy atom. The van der Waals surface area contributed by atoms with E-state index in [0.717, 1.165) is 18.5 Å². The van der Waals surface area contributed by atoms with E-state index in [1.54, 1.807) is 0 Å². The summed E-state index contributed by atoms with van der Waals surface area (Å²) in [5.41, 5.74) is 3.97. The molecule has 1 aromatic heterocycles. The van der Waals surface area contributed by atoms with E-state index in [0.29, 0.717) is 18.5 Å². The van der Waals surface area contributed by atoms with E-state index in [2.05, 4.69) is 34.6 Å². The molecular weight excluding hydrogens is 236 g/mol. The van der Waals surface area contributed by atoms with Crippen LogP contribution in [0.3, 0.4) is 0 Å². The number of anilines is 1. The average Bonchev–Trinajstić information content (AvgIpc) is 2.83. The number of hydrogen-bond donors (Lipinski definition) is 1. The maximum absolute atomic E-state index is 5.34. The van der Waals surface area contributed by atoms with Gasteiger partial charge in [0.2, 0.25) is 5.88 Å². The predicted molar refractivity (Wildman–Crippen MR) is 76.7 cm³/mol. The van der Waals surface area contributed by atoms with Gasteiger partial charge >= 0.3 is 0 Å². The molecule has 19 heavy (non-hydrogen) atoms. The average molecular weight is 254 g/mol. The highest BCUT2D eigenvalue weighted by Gasteiger charge is 2.20. The Morgan fingerprint density at radius 1 is 1.16 bits per heavy atom. The van der Waals surface area contributed by atoms with Crippen molar-refractivity contribution >= 4 is 5.69 Å². The quantitative estimate of drug-likeness (QED) is 0.910. The second-order valence-electron chi connectivity index (χ2n) is 4.84. The van der Waals surface area contributed by atoms with Gasteiger partial charge in [0.05, 0.1) is 18.5 Å². The molecule has 1 N–H and O–H groups in total. The van der Waals surface area contributed by atoms with Gasteiger partial charge in [-0.1, -0.05) is 24.3 Å². The molecule has 1 aliphatic carbocycles. The van der Waals surface area contributed by atoms with Gasteiger partial charge in [0.15, 0.2) is 0 Å². The molecule has 1 heterocycles. The summed E-state index contributed by atoms with van der Waals surface area (Å²) in [6.45, 7) is 2.61. The van der Waals surface area contributed by atoms with E-state index in [4.69, 9.17) is 4.74 Å². The Balaban J connectivity index is 1.64. The van der Waals surface area contributed by atoms with Crippen LogP contribution in [-0.2, 0) is 12.8 Å². The monoisotopic (exact) mass is 254 g/mol. The van der Waals surface area contributed by atoms with Crippen LogP contribution in [0.25, 0.3) is 0 Å². The van der Waals surface area contributed by atoms with E-state index in [1.807, 2.05) is 25.3 Å². The molecule has 0 fully saturated rings. The lowest BCUT2D eigenvalue weighted by atomic mass is 10.1. The molecule has 98 valence electrons. The van der Waals surface area contributed by atoms with Gasteiger partial charge in [-0.05, 0) is 37.0 Å². The normalized spacial score (nSPS) is 14.2. The Labute approximate surface area is 113 Å². The standard InChI is InChI=1S/C16H18N2O/c1-2-19-16-8-7-14(11-17-16)18-15-9-12-5-3-4-6-13(12)10-15/h3-8,11,15,18H,2,9-10H2,1H3. The summed E-state index contributed by atoms with van der Waals surface area (Å²) >= 11 is 0. The second kappa shape index (κ2) is 5.31. The summed E-state index contributed by atoms with van der Waals surface area (Å²) < 4.78 is 5.34. The van der Waals surface area contributed by atoms with Crippen LogP contribution in [-0.4, -0.2) is 17.6 Å². The predicted octanol–water partition coefficient (Wildman–Crippen LogP) is 3.06. The summed E-state index contributed by atoms with van der Waals surface area (Å²) in [4.78, 5) is 4.27. The topological polar surface area (TPSA) is 34.1 Å². The number of fused-ring (bicyclic) bond motifs is 1. The molecule has 1 aromatic carbocycles. The fourth-order valence-electron chi connectivity index (χ4n) is 2.60. The molecule has 0 atom stereocenters. The van der Waals surface area contributed by atoms with Crippen LogP contribution in [0.1, 0.15) is 18.1 Å². The Hall–Kier alpha value is -2.03. The molecule has 0 aliphatic heterocycles. The van der Waals surface area contributed by atoms with Crippen LogP contribution < -0.4 is 10.1 Å². The maximum atomic E-state index is 5.34. The third-order valence-corrected chi connectivity index (χ3v) is 3.45. The van der Waals surface area contributed by atoms with Gasteiger partial charge in [0.25, 0.3) is 0 Å². The van der Waals surface area contributed by atoms with Crippen LogP contribution in [0.5, 0.6) is 5.88 Å². The second-order valence-corrected chi connectivity index (χ2v) is 4.84. The van der Waals surface area contributed by atoms with E-state index in [1.165, 1.54) is 11.1 Å². The first-order valence-electron chi connectivity index (χ1n) is 6.77. The van der Waals surface area contributed by atoms with Crippen LogP contribution in [0.2, 0.25) is 0 Å². The molecular formula is C16H18N2O. The van der Waals surface area contributed by atoms with Crippen molar-refractivity contribution in [3.63, 3.8) is 0 Å². The number of nitrogens with zero attached hydrogens (tertiary/aromatic N) is 1. The number of hydrogen-bond acceptors (Lipinski definition) is 3. The minimum absolute atomic E-state index is 0.470. The first kappa shape index (κ1) is 12.0. The number of rotatable bonds is 4. The molecule has 0 bridgehead atoms. The SMILES string of the molecule is CCOc1ccc(NC2Cc3ccccc3C2)cn1. The van der Waals surface area contributed by atoms with E-state index < -0.39 is 0 Å². The first-order chi connectivity index (χ1) is 9.35. The molecule has 0 saturated carbocycles. The highest BCUT2D eigenvalue weighted by Crippen LogP contribution is 2.24. The zero-order chi connectivity index (χ0) is 13.1. The Kier molecular flexibility index (Phi) is 3.36. The van der Waals surface area contributed by atoms with Crippen molar-refractivity contribution in [1.82, 2.24) is 4.98 Å². The highest BCUT2D eigenvalue weighted by molar-refractivity contribution is 5.46. The third-order valence-electron chi connectivity index (χ3n) is 3.45. The van der Waals surface area contributed by atoms with E-state index >= 15 is 0 Å². The lowest BCUT2D eigenvalue weighted by Gasteiger charge is -2.13. The number of benzene rings is 1. The summed E-state index contributed by atoms with van der Waals surface area (Å²) in [6, 6.07) is 13.1. The van der Waals surface area contributed by atoms with Crippen molar-refractivity contribution in [1.29, 1.82) is 0 Å². The van der Waals surface area contributed by atoms with Gasteiger partial charge in [0, 0.05) is 12.1 Å². The molecule has 2 aromatic rings.